The van der Waals surface area contributed by atoms with Crippen molar-refractivity contribution in [3.05, 3.63) is 5.82 Å². The third kappa shape index (κ3) is 1.30. The molecule has 1 aromatic rings. The molecule has 0 spiro atoms. The van der Waals surface area contributed by atoms with Crippen molar-refractivity contribution in [2.75, 3.05) is 24.8 Å². The number of hydrogen-bond donors (Lipinski definition) is 3. The van der Waals surface area contributed by atoms with Crippen LogP contribution in [0, 0.1) is 0 Å². The predicted octanol–water partition coefficient (Wildman–Crippen LogP) is -1.46. The summed E-state index contributed by atoms with van der Waals surface area (Å²) in [6, 6.07) is 0. The summed E-state index contributed by atoms with van der Waals surface area (Å²) in [6.45, 7) is 1.23. The highest BCUT2D eigenvalue weighted by atomic mass is 16.5. The van der Waals surface area contributed by atoms with Gasteiger partial charge < -0.3 is 22.0 Å². The third-order valence-electron chi connectivity index (χ3n) is 2.55. The summed E-state index contributed by atoms with van der Waals surface area (Å²) in [6.07, 6.45) is 1.37. The molecule has 2 rings (SSSR count). The fourth-order valence-corrected chi connectivity index (χ4v) is 1.60. The van der Waals surface area contributed by atoms with Crippen molar-refractivity contribution in [2.24, 2.45) is 5.73 Å². The Kier molecular flexibility index (Phi) is 2.05. The van der Waals surface area contributed by atoms with Gasteiger partial charge in [0.15, 0.2) is 5.82 Å². The number of nitrogen functional groups attached to an aromatic ring is 2. The van der Waals surface area contributed by atoms with Crippen LogP contribution in [0.4, 0.5) is 5.95 Å². The minimum atomic E-state index is -0.558. The van der Waals surface area contributed by atoms with E-state index in [-0.39, 0.29) is 5.95 Å². The largest absolute Gasteiger partial charge is 0.381 e. The average molecular weight is 198 g/mol. The van der Waals surface area contributed by atoms with Gasteiger partial charge in [-0.3, -0.25) is 0 Å². The molecular formula is C7H14N6O. The summed E-state index contributed by atoms with van der Waals surface area (Å²) in [5, 5.41) is 7.57. The first-order chi connectivity index (χ1) is 6.63. The predicted molar refractivity (Wildman–Crippen MR) is 50.5 cm³/mol. The molecule has 1 aliphatic rings. The van der Waals surface area contributed by atoms with Crippen LogP contribution in [-0.2, 0) is 10.3 Å². The maximum atomic E-state index is 6.16. The minimum Gasteiger partial charge on any atom is -0.381 e. The first-order valence-corrected chi connectivity index (χ1v) is 4.46. The Labute approximate surface area is 81.2 Å². The fraction of sp³-hybridized carbons (Fsp3) is 0.714. The summed E-state index contributed by atoms with van der Waals surface area (Å²) in [4.78, 5) is 0. The topological polar surface area (TPSA) is 118 Å². The normalized spacial score (nSPS) is 20.9. The van der Waals surface area contributed by atoms with Crippen LogP contribution in [0.15, 0.2) is 0 Å². The second kappa shape index (κ2) is 3.10. The van der Waals surface area contributed by atoms with Gasteiger partial charge in [0.1, 0.15) is 0 Å². The van der Waals surface area contributed by atoms with Crippen LogP contribution in [-0.4, -0.2) is 28.1 Å². The quantitative estimate of drug-likeness (QED) is 0.474. The number of ether oxygens (including phenoxy) is 1. The summed E-state index contributed by atoms with van der Waals surface area (Å²) in [5.41, 5.74) is 11.1. The van der Waals surface area contributed by atoms with Crippen LogP contribution < -0.4 is 17.3 Å². The van der Waals surface area contributed by atoms with Gasteiger partial charge in [0, 0.05) is 13.2 Å². The molecule has 1 aliphatic heterocycles. The molecule has 7 heteroatoms. The Hall–Kier alpha value is -1.34. The first kappa shape index (κ1) is 9.22. The lowest BCUT2D eigenvalue weighted by Crippen LogP contribution is -2.45. The van der Waals surface area contributed by atoms with E-state index in [0.29, 0.717) is 31.9 Å². The van der Waals surface area contributed by atoms with Crippen molar-refractivity contribution in [3.8, 4) is 0 Å². The Morgan fingerprint density at radius 3 is 2.43 bits per heavy atom. The van der Waals surface area contributed by atoms with Crippen molar-refractivity contribution in [1.82, 2.24) is 14.9 Å². The number of anilines is 1. The molecule has 0 radical (unpaired) electrons. The van der Waals surface area contributed by atoms with E-state index in [4.69, 9.17) is 22.0 Å². The maximum Gasteiger partial charge on any atom is 0.240 e. The van der Waals surface area contributed by atoms with Crippen LogP contribution in [0.2, 0.25) is 0 Å². The number of rotatable bonds is 1. The zero-order chi connectivity index (χ0) is 10.2. The molecule has 0 amide bonds. The molecule has 14 heavy (non-hydrogen) atoms. The second-order valence-corrected chi connectivity index (χ2v) is 3.52. The maximum absolute atomic E-state index is 6.16. The number of hydrogen-bond acceptors (Lipinski definition) is 6. The molecule has 7 nitrogen and oxygen atoms in total. The molecule has 0 aromatic carbocycles. The Morgan fingerprint density at radius 2 is 1.93 bits per heavy atom. The Bertz CT molecular complexity index is 329. The van der Waals surface area contributed by atoms with E-state index in [1.54, 1.807) is 0 Å². The number of aromatic nitrogens is 3. The van der Waals surface area contributed by atoms with Gasteiger partial charge in [0.05, 0.1) is 5.54 Å². The highest BCUT2D eigenvalue weighted by Crippen LogP contribution is 2.27. The fourth-order valence-electron chi connectivity index (χ4n) is 1.60. The monoisotopic (exact) mass is 198 g/mol. The minimum absolute atomic E-state index is 0.177. The molecule has 0 aliphatic carbocycles. The van der Waals surface area contributed by atoms with E-state index in [9.17, 15) is 0 Å². The van der Waals surface area contributed by atoms with Crippen LogP contribution in [0.3, 0.4) is 0 Å². The van der Waals surface area contributed by atoms with Crippen LogP contribution in [0.5, 0.6) is 0 Å². The van der Waals surface area contributed by atoms with Gasteiger partial charge in [-0.05, 0) is 12.8 Å². The standard InChI is InChI=1S/C7H14N6O/c8-6-12-11-5(13(6)10)7(9)1-3-14-4-2-7/h1-4,9-10H2,(H2,8,12). The second-order valence-electron chi connectivity index (χ2n) is 3.52. The zero-order valence-corrected chi connectivity index (χ0v) is 7.81. The van der Waals surface area contributed by atoms with Crippen molar-refractivity contribution in [1.29, 1.82) is 0 Å². The van der Waals surface area contributed by atoms with Crippen molar-refractivity contribution >= 4 is 5.95 Å². The van der Waals surface area contributed by atoms with E-state index < -0.39 is 5.54 Å². The molecule has 1 fully saturated rings. The molecule has 6 N–H and O–H groups in total. The molecule has 2 heterocycles. The lowest BCUT2D eigenvalue weighted by atomic mass is 9.90. The van der Waals surface area contributed by atoms with Crippen LogP contribution in [0.1, 0.15) is 18.7 Å². The number of nitrogens with two attached hydrogens (primary N) is 3. The molecular weight excluding hydrogens is 184 g/mol. The average Bonchev–Trinajstić information content (AvgIpc) is 2.49. The molecule has 0 unspecified atom stereocenters. The smallest absolute Gasteiger partial charge is 0.240 e. The molecule has 0 atom stereocenters. The van der Waals surface area contributed by atoms with Crippen molar-refractivity contribution in [2.45, 2.75) is 18.4 Å². The van der Waals surface area contributed by atoms with Gasteiger partial charge in [-0.15, -0.1) is 10.2 Å². The van der Waals surface area contributed by atoms with E-state index >= 15 is 0 Å². The van der Waals surface area contributed by atoms with Gasteiger partial charge in [-0.1, -0.05) is 0 Å². The summed E-state index contributed by atoms with van der Waals surface area (Å²) in [7, 11) is 0. The van der Waals surface area contributed by atoms with E-state index in [1.165, 1.54) is 4.68 Å². The Morgan fingerprint density at radius 1 is 1.29 bits per heavy atom. The number of nitrogens with zero attached hydrogens (tertiary/aromatic N) is 3. The zero-order valence-electron chi connectivity index (χ0n) is 7.81. The van der Waals surface area contributed by atoms with Crippen LogP contribution in [0.25, 0.3) is 0 Å². The summed E-state index contributed by atoms with van der Waals surface area (Å²) in [5.74, 6) is 6.37. The third-order valence-corrected chi connectivity index (χ3v) is 2.55. The van der Waals surface area contributed by atoms with Crippen molar-refractivity contribution < 1.29 is 4.74 Å². The van der Waals surface area contributed by atoms with E-state index in [0.717, 1.165) is 0 Å². The molecule has 1 saturated heterocycles. The lowest BCUT2D eigenvalue weighted by molar-refractivity contribution is 0.0484. The summed E-state index contributed by atoms with van der Waals surface area (Å²) < 4.78 is 6.46. The van der Waals surface area contributed by atoms with E-state index in [1.807, 2.05) is 0 Å². The SMILES string of the molecule is Nc1nnc(C2(N)CCOCC2)n1N. The molecule has 0 saturated carbocycles. The van der Waals surface area contributed by atoms with E-state index in [2.05, 4.69) is 10.2 Å². The van der Waals surface area contributed by atoms with Crippen molar-refractivity contribution in [3.63, 3.8) is 0 Å². The lowest BCUT2D eigenvalue weighted by Gasteiger charge is -2.31. The molecule has 78 valence electrons. The van der Waals surface area contributed by atoms with Crippen LogP contribution >= 0.6 is 0 Å². The van der Waals surface area contributed by atoms with Gasteiger partial charge in [-0.2, -0.15) is 0 Å². The molecule has 1 aromatic heterocycles. The van der Waals surface area contributed by atoms with Gasteiger partial charge >= 0.3 is 0 Å². The molecule has 0 bridgehead atoms. The Balaban J connectivity index is 2.32. The highest BCUT2D eigenvalue weighted by Gasteiger charge is 2.35. The van der Waals surface area contributed by atoms with Gasteiger partial charge in [0.2, 0.25) is 5.95 Å². The summed E-state index contributed by atoms with van der Waals surface area (Å²) >= 11 is 0. The first-order valence-electron chi connectivity index (χ1n) is 4.46. The van der Waals surface area contributed by atoms with Gasteiger partial charge in [0.25, 0.3) is 0 Å². The van der Waals surface area contributed by atoms with Gasteiger partial charge in [-0.25, -0.2) is 4.68 Å². The highest BCUT2D eigenvalue weighted by molar-refractivity contribution is 5.21.